The number of piperazine rings is 1. The van der Waals surface area contributed by atoms with Gasteiger partial charge in [0, 0.05) is 46.4 Å². The lowest BCUT2D eigenvalue weighted by Gasteiger charge is -2.42. The van der Waals surface area contributed by atoms with Gasteiger partial charge in [0.15, 0.2) is 5.60 Å². The highest BCUT2D eigenvalue weighted by Gasteiger charge is 2.44. The monoisotopic (exact) mass is 375 g/mol. The van der Waals surface area contributed by atoms with Gasteiger partial charge in [-0.15, -0.1) is 0 Å². The Kier molecular flexibility index (Phi) is 6.46. The second-order valence-electron chi connectivity index (χ2n) is 7.43. The summed E-state index contributed by atoms with van der Waals surface area (Å²) in [4.78, 5) is 30.7. The van der Waals surface area contributed by atoms with Gasteiger partial charge >= 0.3 is 0 Å². The van der Waals surface area contributed by atoms with E-state index in [1.807, 2.05) is 40.1 Å². The molecular weight excluding hydrogens is 346 g/mol. The first kappa shape index (κ1) is 19.8. The second kappa shape index (κ2) is 8.82. The normalized spacial score (nSPS) is 24.5. The third-order valence-corrected chi connectivity index (χ3v) is 5.37. The van der Waals surface area contributed by atoms with Gasteiger partial charge in [0.25, 0.3) is 5.91 Å². The quantitative estimate of drug-likeness (QED) is 0.744. The summed E-state index contributed by atoms with van der Waals surface area (Å²) in [5.74, 6) is -0.210. The van der Waals surface area contributed by atoms with Crippen molar-refractivity contribution in [1.82, 2.24) is 14.7 Å². The molecule has 2 saturated heterocycles. The average molecular weight is 375 g/mol. The van der Waals surface area contributed by atoms with E-state index in [0.29, 0.717) is 45.8 Å². The minimum Gasteiger partial charge on any atom is -0.383 e. The molecule has 0 spiro atoms. The molecule has 2 aliphatic heterocycles. The zero-order valence-electron chi connectivity index (χ0n) is 16.0. The summed E-state index contributed by atoms with van der Waals surface area (Å²) >= 11 is 0. The first-order chi connectivity index (χ1) is 13.0. The third-order valence-electron chi connectivity index (χ3n) is 5.37. The number of nitrogens with zero attached hydrogens (tertiary/aromatic N) is 3. The molecule has 0 saturated carbocycles. The van der Waals surface area contributed by atoms with Crippen LogP contribution in [0.15, 0.2) is 30.3 Å². The average Bonchev–Trinajstić information content (AvgIpc) is 2.66. The first-order valence-corrected chi connectivity index (χ1v) is 9.56. The van der Waals surface area contributed by atoms with Gasteiger partial charge in [-0.25, -0.2) is 0 Å². The number of methoxy groups -OCH3 is 1. The number of hydrogen-bond donors (Lipinski definition) is 1. The zero-order valence-corrected chi connectivity index (χ0v) is 16.0. The zero-order chi connectivity index (χ0) is 19.3. The highest BCUT2D eigenvalue weighted by molar-refractivity contribution is 5.86. The molecule has 0 radical (unpaired) electrons. The van der Waals surface area contributed by atoms with Gasteiger partial charge in [-0.05, 0) is 18.4 Å². The summed E-state index contributed by atoms with van der Waals surface area (Å²) in [5, 5.41) is 11.0. The van der Waals surface area contributed by atoms with E-state index in [1.165, 1.54) is 0 Å². The van der Waals surface area contributed by atoms with E-state index < -0.39 is 5.60 Å². The largest absolute Gasteiger partial charge is 0.383 e. The SMILES string of the molecule is COCCN1CCC[C@@](O)(CN2CCN(Cc3ccccc3)C(=O)C2)C1=O. The number of carbonyl (C=O) groups excluding carboxylic acids is 2. The van der Waals surface area contributed by atoms with Gasteiger partial charge in [-0.3, -0.25) is 14.5 Å². The molecule has 2 aliphatic rings. The van der Waals surface area contributed by atoms with Crippen LogP contribution in [0, 0.1) is 0 Å². The number of likely N-dealkylation sites (tertiary alicyclic amines) is 1. The summed E-state index contributed by atoms with van der Waals surface area (Å²) in [5.41, 5.74) is -0.303. The Bertz CT molecular complexity index is 654. The molecule has 2 amide bonds. The van der Waals surface area contributed by atoms with E-state index in [-0.39, 0.29) is 24.9 Å². The fourth-order valence-corrected chi connectivity index (χ4v) is 3.86. The summed E-state index contributed by atoms with van der Waals surface area (Å²) in [6.07, 6.45) is 1.20. The van der Waals surface area contributed by atoms with E-state index in [4.69, 9.17) is 4.74 Å². The van der Waals surface area contributed by atoms with Gasteiger partial charge in [-0.1, -0.05) is 30.3 Å². The van der Waals surface area contributed by atoms with Crippen LogP contribution in [0.5, 0.6) is 0 Å². The molecule has 2 heterocycles. The van der Waals surface area contributed by atoms with Crippen LogP contribution in [-0.2, 0) is 20.9 Å². The van der Waals surface area contributed by atoms with Crippen LogP contribution in [0.1, 0.15) is 18.4 Å². The van der Waals surface area contributed by atoms with Crippen molar-refractivity contribution in [2.24, 2.45) is 0 Å². The minimum atomic E-state index is -1.41. The van der Waals surface area contributed by atoms with Crippen LogP contribution in [0.2, 0.25) is 0 Å². The Morgan fingerprint density at radius 3 is 2.59 bits per heavy atom. The van der Waals surface area contributed by atoms with Crippen molar-refractivity contribution < 1.29 is 19.4 Å². The van der Waals surface area contributed by atoms with Crippen LogP contribution in [0.25, 0.3) is 0 Å². The number of piperidine rings is 1. The molecule has 7 nitrogen and oxygen atoms in total. The lowest BCUT2D eigenvalue weighted by Crippen LogP contribution is -2.61. The van der Waals surface area contributed by atoms with Gasteiger partial charge in [-0.2, -0.15) is 0 Å². The number of ether oxygens (including phenoxy) is 1. The summed E-state index contributed by atoms with van der Waals surface area (Å²) in [7, 11) is 1.60. The van der Waals surface area contributed by atoms with E-state index >= 15 is 0 Å². The Balaban J connectivity index is 1.55. The molecular formula is C20H29N3O4. The second-order valence-corrected chi connectivity index (χ2v) is 7.43. The molecule has 0 unspecified atom stereocenters. The molecule has 1 aromatic carbocycles. The highest BCUT2D eigenvalue weighted by atomic mass is 16.5. The highest BCUT2D eigenvalue weighted by Crippen LogP contribution is 2.24. The number of aliphatic hydroxyl groups is 1. The summed E-state index contributed by atoms with van der Waals surface area (Å²) in [6.45, 7) is 3.90. The topological polar surface area (TPSA) is 73.3 Å². The molecule has 3 rings (SSSR count). The molecule has 1 atom stereocenters. The van der Waals surface area contributed by atoms with E-state index in [2.05, 4.69) is 0 Å². The van der Waals surface area contributed by atoms with Gasteiger partial charge < -0.3 is 19.6 Å². The van der Waals surface area contributed by atoms with Crippen molar-refractivity contribution in [2.75, 3.05) is 53.0 Å². The standard InChI is InChI=1S/C20H29N3O4/c1-27-13-12-22-9-5-8-20(26,19(22)25)16-21-10-11-23(18(24)15-21)14-17-6-3-2-4-7-17/h2-4,6-7,26H,5,8-16H2,1H3/t20-/m1/s1. The smallest absolute Gasteiger partial charge is 0.255 e. The molecule has 27 heavy (non-hydrogen) atoms. The van der Waals surface area contributed by atoms with Crippen molar-refractivity contribution in [3.8, 4) is 0 Å². The predicted octanol–water partition coefficient (Wildman–Crippen LogP) is 0.331. The molecule has 0 aliphatic carbocycles. The minimum absolute atomic E-state index is 0.0354. The molecule has 0 aromatic heterocycles. The van der Waals surface area contributed by atoms with E-state index in [9.17, 15) is 14.7 Å². The van der Waals surface area contributed by atoms with E-state index in [0.717, 1.165) is 12.0 Å². The van der Waals surface area contributed by atoms with Gasteiger partial charge in [0.1, 0.15) is 0 Å². The maximum Gasteiger partial charge on any atom is 0.255 e. The van der Waals surface area contributed by atoms with Crippen LogP contribution < -0.4 is 0 Å². The van der Waals surface area contributed by atoms with Gasteiger partial charge in [0.05, 0.1) is 13.2 Å². The number of rotatable bonds is 7. The lowest BCUT2D eigenvalue weighted by molar-refractivity contribution is -0.162. The Morgan fingerprint density at radius 2 is 1.89 bits per heavy atom. The summed E-state index contributed by atoms with van der Waals surface area (Å²) < 4.78 is 5.05. The summed E-state index contributed by atoms with van der Waals surface area (Å²) in [6, 6.07) is 9.92. The molecule has 1 N–H and O–H groups in total. The number of β-amino-alcohol motifs (C(OH)–C–C–N with tert-alkyl or cyclic N) is 1. The van der Waals surface area contributed by atoms with Crippen molar-refractivity contribution in [3.05, 3.63) is 35.9 Å². The van der Waals surface area contributed by atoms with Crippen molar-refractivity contribution in [3.63, 3.8) is 0 Å². The molecule has 148 valence electrons. The maximum absolute atomic E-state index is 12.7. The predicted molar refractivity (Wildman–Crippen MR) is 101 cm³/mol. The Labute approximate surface area is 160 Å². The molecule has 0 bridgehead atoms. The first-order valence-electron chi connectivity index (χ1n) is 9.56. The molecule has 7 heteroatoms. The fraction of sp³-hybridized carbons (Fsp3) is 0.600. The van der Waals surface area contributed by atoms with Crippen LogP contribution >= 0.6 is 0 Å². The van der Waals surface area contributed by atoms with Crippen LogP contribution in [0.3, 0.4) is 0 Å². The number of amides is 2. The fourth-order valence-electron chi connectivity index (χ4n) is 3.86. The van der Waals surface area contributed by atoms with Gasteiger partial charge in [0.2, 0.25) is 5.91 Å². The number of carbonyl (C=O) groups is 2. The van der Waals surface area contributed by atoms with Crippen LogP contribution in [-0.4, -0.2) is 90.2 Å². The Morgan fingerprint density at radius 1 is 1.11 bits per heavy atom. The van der Waals surface area contributed by atoms with Crippen molar-refractivity contribution in [2.45, 2.75) is 25.0 Å². The molecule has 1 aromatic rings. The number of hydrogen-bond acceptors (Lipinski definition) is 5. The van der Waals surface area contributed by atoms with Crippen LogP contribution in [0.4, 0.5) is 0 Å². The lowest BCUT2D eigenvalue weighted by atomic mass is 9.91. The molecule has 2 fully saturated rings. The number of benzene rings is 1. The van der Waals surface area contributed by atoms with E-state index in [1.54, 1.807) is 12.0 Å². The van der Waals surface area contributed by atoms with Crippen molar-refractivity contribution >= 4 is 11.8 Å². The third kappa shape index (κ3) is 4.86. The Hall–Kier alpha value is -1.96. The maximum atomic E-state index is 12.7. The van der Waals surface area contributed by atoms with Crippen molar-refractivity contribution in [1.29, 1.82) is 0 Å².